The molecule has 2 amide bonds. The smallest absolute Gasteiger partial charge is 0.306 e. The minimum Gasteiger partial charge on any atom is -0.462 e. The standard InChI is InChI=1S/C57H94N2O14S2/c1-34(10-16-48(62)58-26-28-74(66,67)68)40-12-14-42-52-44(20-24-56(40,42)5)54(3)22-18-38(30-36(54)32-46(52)60)72-50(64)8-7-9-51(65)73-39-19-23-55(4)37(31-39)33-47(61)53-43-15-13-41(57(43,6)25-21-45(53)55)35(2)11-17-49(63)59-27-29-75(69,70)71/h34-47,52-53,60-61H,7-33H2,1-6H3,(H,58,62)(H,59,63)(H,66,67,68)(H,69,70,71)/t34-,35+,36?,37?,38-,39+,40-,41+,42+,43?,44+,45?,46-,47-,52+,53-,54+,55-,56-,57+/m1/s1. The first-order chi connectivity index (χ1) is 35.1. The van der Waals surface area contributed by atoms with Crippen molar-refractivity contribution in [2.75, 3.05) is 24.6 Å². The summed E-state index contributed by atoms with van der Waals surface area (Å²) >= 11 is 0. The molecule has 0 aliphatic heterocycles. The van der Waals surface area contributed by atoms with Gasteiger partial charge in [0.25, 0.3) is 20.2 Å². The van der Waals surface area contributed by atoms with Crippen LogP contribution in [0.5, 0.6) is 0 Å². The summed E-state index contributed by atoms with van der Waals surface area (Å²) in [6.07, 6.45) is 16.3. The van der Waals surface area contributed by atoms with E-state index in [1.54, 1.807) is 0 Å². The monoisotopic (exact) mass is 1090 g/mol. The second-order valence-corrected chi connectivity index (χ2v) is 30.1. The summed E-state index contributed by atoms with van der Waals surface area (Å²) in [5.41, 5.74) is 0.247. The Bertz CT molecular complexity index is 2140. The molecule has 8 fully saturated rings. The van der Waals surface area contributed by atoms with Crippen molar-refractivity contribution in [3.63, 3.8) is 0 Å². The Morgan fingerprint density at radius 3 is 1.25 bits per heavy atom. The molecule has 428 valence electrons. The second-order valence-electron chi connectivity index (χ2n) is 27.0. The lowest BCUT2D eigenvalue weighted by Gasteiger charge is -2.62. The first kappa shape index (κ1) is 58.8. The molecule has 0 aromatic carbocycles. The molecule has 0 bridgehead atoms. The first-order valence-electron chi connectivity index (χ1n) is 29.3. The molecule has 20 atom stereocenters. The van der Waals surface area contributed by atoms with Crippen LogP contribution in [-0.4, -0.2) is 109 Å². The van der Waals surface area contributed by atoms with E-state index in [1.165, 1.54) is 0 Å². The lowest BCUT2D eigenvalue weighted by Crippen LogP contribution is -2.58. The van der Waals surface area contributed by atoms with Crippen molar-refractivity contribution < 1.29 is 64.8 Å². The molecule has 8 rings (SSSR count). The van der Waals surface area contributed by atoms with E-state index in [2.05, 4.69) is 52.2 Å². The number of esters is 2. The number of rotatable bonds is 20. The van der Waals surface area contributed by atoms with Gasteiger partial charge in [-0.1, -0.05) is 41.5 Å². The average Bonchev–Trinajstić information content (AvgIpc) is 3.87. The number of hydrogen-bond acceptors (Lipinski definition) is 12. The summed E-state index contributed by atoms with van der Waals surface area (Å²) in [7, 11) is -8.26. The molecule has 0 spiro atoms. The number of hydrogen-bond donors (Lipinski definition) is 6. The van der Waals surface area contributed by atoms with Crippen LogP contribution in [0.1, 0.15) is 189 Å². The van der Waals surface area contributed by atoms with Crippen LogP contribution < -0.4 is 10.6 Å². The first-order valence-corrected chi connectivity index (χ1v) is 32.6. The van der Waals surface area contributed by atoms with Gasteiger partial charge in [0.15, 0.2) is 0 Å². The van der Waals surface area contributed by atoms with Crippen LogP contribution in [0.2, 0.25) is 0 Å². The molecule has 0 radical (unpaired) electrons. The fourth-order valence-corrected chi connectivity index (χ4v) is 20.1. The number of carbonyl (C=O) groups excluding carboxylic acids is 4. The Labute approximate surface area is 448 Å². The number of carbonyl (C=O) groups is 4. The Kier molecular flexibility index (Phi) is 18.0. The van der Waals surface area contributed by atoms with Gasteiger partial charge in [0, 0.05) is 38.8 Å². The Hall–Kier alpha value is -2.38. The Balaban J connectivity index is 0.748. The van der Waals surface area contributed by atoms with Crippen LogP contribution >= 0.6 is 0 Å². The summed E-state index contributed by atoms with van der Waals surface area (Å²) in [5, 5.41) is 29.1. The SMILES string of the molecule is C[C@H](CCC(=O)NCCS(=O)(=O)O)[C@H]1CC[C@H]2[C@@H]3[C@H](O)CC4C[C@H](OC(=O)CCCC(=O)O[C@H]5CC[C@]6(C)C(C5)C[C@@H](O)[C@H]5C6CC[C@]6(C)C5CC[C@H]6[C@@H](C)CCC(=O)NCCS(=O)(=O)O)CC[C@]4(C)[C@H]3CC[C@]12C. The molecule has 75 heavy (non-hydrogen) atoms. The summed E-state index contributed by atoms with van der Waals surface area (Å²) in [6.45, 7) is 13.9. The van der Waals surface area contributed by atoms with E-state index in [0.29, 0.717) is 92.3 Å². The molecular weight excluding hydrogens is 1000 g/mol. The summed E-state index contributed by atoms with van der Waals surface area (Å²) in [6, 6.07) is 0. The zero-order valence-electron chi connectivity index (χ0n) is 46.0. The number of ether oxygens (including phenoxy) is 2. The van der Waals surface area contributed by atoms with Crippen LogP contribution in [0.15, 0.2) is 0 Å². The van der Waals surface area contributed by atoms with E-state index in [-0.39, 0.29) is 107 Å². The third kappa shape index (κ3) is 12.7. The average molecular weight is 1100 g/mol. The van der Waals surface area contributed by atoms with Gasteiger partial charge in [-0.05, 0) is 215 Å². The molecule has 8 aliphatic carbocycles. The molecule has 6 N–H and O–H groups in total. The van der Waals surface area contributed by atoms with Crippen LogP contribution in [0.3, 0.4) is 0 Å². The quantitative estimate of drug-likeness (QED) is 0.0498. The third-order valence-corrected chi connectivity index (χ3v) is 24.6. The minimum absolute atomic E-state index is 0.0529. The Morgan fingerprint density at radius 1 is 0.520 bits per heavy atom. The number of nitrogens with one attached hydrogen (secondary N) is 2. The summed E-state index contributed by atoms with van der Waals surface area (Å²) in [5.74, 6) is 2.02. The van der Waals surface area contributed by atoms with Crippen molar-refractivity contribution in [2.45, 2.75) is 214 Å². The highest BCUT2D eigenvalue weighted by atomic mass is 32.2. The van der Waals surface area contributed by atoms with Crippen molar-refractivity contribution in [3.8, 4) is 0 Å². The van der Waals surface area contributed by atoms with Gasteiger partial charge < -0.3 is 30.3 Å². The maximum absolute atomic E-state index is 13.3. The minimum atomic E-state index is -4.13. The third-order valence-electron chi connectivity index (χ3n) is 23.2. The Morgan fingerprint density at radius 2 is 0.880 bits per heavy atom. The van der Waals surface area contributed by atoms with Gasteiger partial charge in [-0.25, -0.2) is 0 Å². The number of fused-ring (bicyclic) bond motifs is 10. The molecule has 8 aliphatic rings. The fraction of sp³-hybridized carbons (Fsp3) is 0.930. The highest BCUT2D eigenvalue weighted by molar-refractivity contribution is 7.86. The lowest BCUT2D eigenvalue weighted by atomic mass is 9.43. The van der Waals surface area contributed by atoms with Crippen molar-refractivity contribution in [3.05, 3.63) is 0 Å². The molecule has 0 heterocycles. The van der Waals surface area contributed by atoms with Gasteiger partial charge >= 0.3 is 11.9 Å². The van der Waals surface area contributed by atoms with E-state index in [1.807, 2.05) is 0 Å². The number of aliphatic hydroxyl groups is 2. The van der Waals surface area contributed by atoms with Crippen molar-refractivity contribution in [1.29, 1.82) is 0 Å². The van der Waals surface area contributed by atoms with Gasteiger partial charge in [-0.3, -0.25) is 28.3 Å². The summed E-state index contributed by atoms with van der Waals surface area (Å²) < 4.78 is 74.4. The van der Waals surface area contributed by atoms with Gasteiger partial charge in [0.05, 0.1) is 23.7 Å². The van der Waals surface area contributed by atoms with E-state index in [4.69, 9.17) is 18.6 Å². The van der Waals surface area contributed by atoms with E-state index < -0.39 is 43.9 Å². The molecule has 0 saturated heterocycles. The number of amides is 2. The largest absolute Gasteiger partial charge is 0.462 e. The summed E-state index contributed by atoms with van der Waals surface area (Å²) in [4.78, 5) is 51.6. The normalized spacial score (nSPS) is 42.0. The van der Waals surface area contributed by atoms with Crippen molar-refractivity contribution in [1.82, 2.24) is 10.6 Å². The molecule has 0 aromatic heterocycles. The molecular formula is C57H94N2O14S2. The van der Waals surface area contributed by atoms with E-state index >= 15 is 0 Å². The zero-order valence-corrected chi connectivity index (χ0v) is 47.7. The maximum Gasteiger partial charge on any atom is 0.306 e. The molecule has 4 unspecified atom stereocenters. The number of aliphatic hydroxyl groups excluding tert-OH is 2. The molecule has 0 aromatic rings. The van der Waals surface area contributed by atoms with Gasteiger partial charge in [0.1, 0.15) is 12.2 Å². The predicted molar refractivity (Wildman–Crippen MR) is 282 cm³/mol. The predicted octanol–water partition coefficient (Wildman–Crippen LogP) is 8.08. The van der Waals surface area contributed by atoms with Crippen LogP contribution in [-0.2, 0) is 48.9 Å². The highest BCUT2D eigenvalue weighted by Crippen LogP contribution is 2.70. The van der Waals surface area contributed by atoms with Crippen molar-refractivity contribution in [2.24, 2.45) is 92.7 Å². The topological polar surface area (TPSA) is 260 Å². The van der Waals surface area contributed by atoms with E-state index in [9.17, 15) is 46.2 Å². The van der Waals surface area contributed by atoms with Gasteiger partial charge in [0.2, 0.25) is 11.8 Å². The van der Waals surface area contributed by atoms with Crippen LogP contribution in [0, 0.1) is 92.7 Å². The van der Waals surface area contributed by atoms with Gasteiger partial charge in [-0.2, -0.15) is 16.8 Å². The fourth-order valence-electron chi connectivity index (χ4n) is 19.3. The van der Waals surface area contributed by atoms with Crippen LogP contribution in [0.4, 0.5) is 0 Å². The van der Waals surface area contributed by atoms with Crippen LogP contribution in [0.25, 0.3) is 0 Å². The van der Waals surface area contributed by atoms with Crippen molar-refractivity contribution >= 4 is 44.0 Å². The highest BCUT2D eigenvalue weighted by Gasteiger charge is 2.65. The van der Waals surface area contributed by atoms with Gasteiger partial charge in [-0.15, -0.1) is 0 Å². The molecule has 18 heteroatoms. The lowest BCUT2D eigenvalue weighted by molar-refractivity contribution is -0.183. The zero-order chi connectivity index (χ0) is 54.5. The maximum atomic E-state index is 13.3. The molecule has 16 nitrogen and oxygen atoms in total. The van der Waals surface area contributed by atoms with E-state index in [0.717, 1.165) is 89.9 Å². The second kappa shape index (κ2) is 23.0. The molecule has 8 saturated carbocycles.